The molecule has 0 radical (unpaired) electrons. The molecular weight excluding hydrogens is 369 g/mol. The first-order valence-corrected chi connectivity index (χ1v) is 9.13. The number of benzene rings is 2. The van der Waals surface area contributed by atoms with Gasteiger partial charge in [-0.1, -0.05) is 23.7 Å². The second-order valence-corrected chi connectivity index (χ2v) is 8.09. The van der Waals surface area contributed by atoms with Crippen LogP contribution < -0.4 is 0 Å². The number of halogens is 2. The molecule has 0 heterocycles. The summed E-state index contributed by atoms with van der Waals surface area (Å²) in [6.45, 7) is 1.62. The summed E-state index contributed by atoms with van der Waals surface area (Å²) in [4.78, 5) is 12.3. The molecule has 5 nitrogen and oxygen atoms in total. The second kappa shape index (κ2) is 7.51. The van der Waals surface area contributed by atoms with Crippen LogP contribution in [0.1, 0.15) is 28.9 Å². The van der Waals surface area contributed by atoms with Crippen molar-refractivity contribution in [3.05, 3.63) is 64.4 Å². The number of hydrogen-bond acceptors (Lipinski definition) is 4. The molecule has 134 valence electrons. The average Bonchev–Trinajstić information content (AvgIpc) is 2.55. The van der Waals surface area contributed by atoms with Crippen molar-refractivity contribution in [2.45, 2.75) is 17.9 Å². The van der Waals surface area contributed by atoms with Gasteiger partial charge in [-0.3, -0.25) is 0 Å². The molecule has 0 spiro atoms. The van der Waals surface area contributed by atoms with Crippen molar-refractivity contribution in [1.82, 2.24) is 4.31 Å². The molecule has 0 fully saturated rings. The molecule has 8 heteroatoms. The summed E-state index contributed by atoms with van der Waals surface area (Å²) in [6.07, 6.45) is -0.654. The number of rotatable bonds is 5. The average molecular weight is 386 g/mol. The monoisotopic (exact) mass is 385 g/mol. The second-order valence-electron chi connectivity index (χ2n) is 5.53. The third-order valence-electron chi connectivity index (χ3n) is 3.56. The maximum absolute atomic E-state index is 13.0. The molecule has 2 aromatic rings. The van der Waals surface area contributed by atoms with Gasteiger partial charge < -0.3 is 4.74 Å². The van der Waals surface area contributed by atoms with Crippen LogP contribution >= 0.6 is 11.6 Å². The maximum atomic E-state index is 13.0. The van der Waals surface area contributed by atoms with Crippen LogP contribution in [0.5, 0.6) is 0 Å². The summed E-state index contributed by atoms with van der Waals surface area (Å²) in [5.74, 6) is -1.16. The van der Waals surface area contributed by atoms with Crippen LogP contribution in [0, 0.1) is 5.82 Å². The van der Waals surface area contributed by atoms with Crippen molar-refractivity contribution in [2.24, 2.45) is 0 Å². The molecule has 0 aromatic heterocycles. The number of hydrogen-bond donors (Lipinski definition) is 0. The van der Waals surface area contributed by atoms with Gasteiger partial charge in [-0.15, -0.1) is 0 Å². The van der Waals surface area contributed by atoms with E-state index in [9.17, 15) is 17.6 Å². The van der Waals surface area contributed by atoms with Gasteiger partial charge in [-0.25, -0.2) is 21.9 Å². The summed E-state index contributed by atoms with van der Waals surface area (Å²) in [5, 5.41) is 0.0778. The Morgan fingerprint density at radius 3 is 2.32 bits per heavy atom. The zero-order valence-electron chi connectivity index (χ0n) is 13.9. The molecule has 2 rings (SSSR count). The molecule has 0 saturated carbocycles. The zero-order valence-corrected chi connectivity index (χ0v) is 15.4. The van der Waals surface area contributed by atoms with E-state index >= 15 is 0 Å². The van der Waals surface area contributed by atoms with Gasteiger partial charge in [-0.2, -0.15) is 0 Å². The number of nitrogens with zero attached hydrogens (tertiary/aromatic N) is 1. The van der Waals surface area contributed by atoms with Crippen LogP contribution in [0.2, 0.25) is 5.02 Å². The fourth-order valence-corrected chi connectivity index (χ4v) is 3.18. The Morgan fingerprint density at radius 2 is 1.76 bits per heavy atom. The minimum absolute atomic E-state index is 0.0569. The van der Waals surface area contributed by atoms with Crippen molar-refractivity contribution >= 4 is 27.6 Å². The highest BCUT2D eigenvalue weighted by molar-refractivity contribution is 7.89. The van der Waals surface area contributed by atoms with Crippen LogP contribution in [-0.2, 0) is 14.8 Å². The first-order chi connectivity index (χ1) is 11.6. The van der Waals surface area contributed by atoms with Crippen LogP contribution in [0.15, 0.2) is 47.4 Å². The van der Waals surface area contributed by atoms with Gasteiger partial charge in [0.1, 0.15) is 11.9 Å². The Morgan fingerprint density at radius 1 is 1.16 bits per heavy atom. The van der Waals surface area contributed by atoms with Gasteiger partial charge >= 0.3 is 5.97 Å². The third kappa shape index (κ3) is 4.36. The number of ether oxygens (including phenoxy) is 1. The molecular formula is C17H17ClFNO4S. The van der Waals surface area contributed by atoms with E-state index < -0.39 is 27.9 Å². The predicted molar refractivity (Wildman–Crippen MR) is 92.6 cm³/mol. The number of sulfonamides is 1. The Labute approximate surface area is 151 Å². The number of carbonyl (C=O) groups is 1. The molecule has 0 bridgehead atoms. The molecule has 1 atom stereocenters. The molecule has 0 aliphatic rings. The minimum atomic E-state index is -3.71. The SMILES string of the molecule is C[C@@H](OC(=O)c1cc(S(=O)(=O)N(C)C)ccc1Cl)c1ccc(F)cc1. The normalized spacial score (nSPS) is 12.9. The van der Waals surface area contributed by atoms with E-state index in [1.807, 2.05) is 0 Å². The first-order valence-electron chi connectivity index (χ1n) is 7.31. The van der Waals surface area contributed by atoms with Crippen LogP contribution in [0.25, 0.3) is 0 Å². The Bertz CT molecular complexity index is 882. The first kappa shape index (κ1) is 19.4. The molecule has 2 aromatic carbocycles. The molecule has 0 saturated heterocycles. The van der Waals surface area contributed by atoms with E-state index in [1.54, 1.807) is 6.92 Å². The molecule has 0 N–H and O–H groups in total. The van der Waals surface area contributed by atoms with Gasteiger partial charge in [0.25, 0.3) is 0 Å². The highest BCUT2D eigenvalue weighted by atomic mass is 35.5. The molecule has 0 amide bonds. The fourth-order valence-electron chi connectivity index (χ4n) is 2.06. The largest absolute Gasteiger partial charge is 0.454 e. The molecule has 25 heavy (non-hydrogen) atoms. The molecule has 0 aliphatic heterocycles. The topological polar surface area (TPSA) is 63.7 Å². The highest BCUT2D eigenvalue weighted by Gasteiger charge is 2.22. The highest BCUT2D eigenvalue weighted by Crippen LogP contribution is 2.25. The fraction of sp³-hybridized carbons (Fsp3) is 0.235. The van der Waals surface area contributed by atoms with Crippen molar-refractivity contribution in [2.75, 3.05) is 14.1 Å². The van der Waals surface area contributed by atoms with Crippen LogP contribution in [-0.4, -0.2) is 32.8 Å². The zero-order chi connectivity index (χ0) is 18.8. The lowest BCUT2D eigenvalue weighted by atomic mass is 10.1. The van der Waals surface area contributed by atoms with Crippen molar-refractivity contribution in [3.8, 4) is 0 Å². The summed E-state index contributed by atoms with van der Waals surface area (Å²) in [6, 6.07) is 9.35. The molecule has 0 aliphatic carbocycles. The standard InChI is InChI=1S/C17H17ClFNO4S/c1-11(12-4-6-13(19)7-5-12)24-17(21)15-10-14(8-9-16(15)18)25(22,23)20(2)3/h4-11H,1-3H3/t11-/m1/s1. The van der Waals surface area contributed by atoms with Gasteiger partial charge in [0.05, 0.1) is 15.5 Å². The van der Waals surface area contributed by atoms with Crippen LogP contribution in [0.3, 0.4) is 0 Å². The van der Waals surface area contributed by atoms with Crippen molar-refractivity contribution in [3.63, 3.8) is 0 Å². The predicted octanol–water partition coefficient (Wildman–Crippen LogP) is 3.65. The van der Waals surface area contributed by atoms with Crippen molar-refractivity contribution in [1.29, 1.82) is 0 Å². The van der Waals surface area contributed by atoms with E-state index in [4.69, 9.17) is 16.3 Å². The van der Waals surface area contributed by atoms with Gasteiger partial charge in [0.15, 0.2) is 0 Å². The Kier molecular flexibility index (Phi) is 5.82. The lowest BCUT2D eigenvalue weighted by Gasteiger charge is -2.16. The van der Waals surface area contributed by atoms with Gasteiger partial charge in [-0.05, 0) is 42.8 Å². The smallest absolute Gasteiger partial charge is 0.340 e. The summed E-state index contributed by atoms with van der Waals surface area (Å²) in [7, 11) is -0.935. The lowest BCUT2D eigenvalue weighted by molar-refractivity contribution is 0.0337. The third-order valence-corrected chi connectivity index (χ3v) is 5.70. The Hall–Kier alpha value is -1.96. The van der Waals surface area contributed by atoms with E-state index in [0.29, 0.717) is 5.56 Å². The molecule has 0 unspecified atom stereocenters. The lowest BCUT2D eigenvalue weighted by Crippen LogP contribution is -2.22. The number of carbonyl (C=O) groups excluding carboxylic acids is 1. The van der Waals surface area contributed by atoms with Gasteiger partial charge in [0.2, 0.25) is 10.0 Å². The van der Waals surface area contributed by atoms with E-state index in [1.165, 1.54) is 56.6 Å². The van der Waals surface area contributed by atoms with E-state index in [2.05, 4.69) is 0 Å². The quantitative estimate of drug-likeness (QED) is 0.737. The Balaban J connectivity index is 2.28. The summed E-state index contributed by atoms with van der Waals surface area (Å²) < 4.78 is 43.7. The van der Waals surface area contributed by atoms with Crippen LogP contribution in [0.4, 0.5) is 4.39 Å². The number of esters is 1. The van der Waals surface area contributed by atoms with E-state index in [0.717, 1.165) is 4.31 Å². The van der Waals surface area contributed by atoms with Gasteiger partial charge in [0, 0.05) is 14.1 Å². The summed E-state index contributed by atoms with van der Waals surface area (Å²) in [5.41, 5.74) is 0.543. The van der Waals surface area contributed by atoms with Crippen molar-refractivity contribution < 1.29 is 22.3 Å². The van der Waals surface area contributed by atoms with E-state index in [-0.39, 0.29) is 15.5 Å². The summed E-state index contributed by atoms with van der Waals surface area (Å²) >= 11 is 6.01. The maximum Gasteiger partial charge on any atom is 0.340 e. The minimum Gasteiger partial charge on any atom is -0.454 e.